The van der Waals surface area contributed by atoms with E-state index >= 15 is 0 Å². The molecular weight excluding hydrogens is 399 g/mol. The number of likely N-dealkylation sites (N-methyl/N-ethyl adjacent to an activating group) is 1. The molecular formula is C22H21Cl3N2. The molecule has 140 valence electrons. The van der Waals surface area contributed by atoms with Gasteiger partial charge >= 0.3 is 0 Å². The molecule has 2 nitrogen and oxygen atoms in total. The number of benzene rings is 2. The van der Waals surface area contributed by atoms with Gasteiger partial charge in [-0.1, -0.05) is 40.9 Å². The Bertz CT molecular complexity index is 1070. The van der Waals surface area contributed by atoms with Crippen molar-refractivity contribution in [3.63, 3.8) is 0 Å². The highest BCUT2D eigenvalue weighted by Gasteiger charge is 2.27. The largest absolute Gasteiger partial charge is 0.318 e. The molecule has 1 unspecified atom stereocenters. The van der Waals surface area contributed by atoms with Crippen LogP contribution in [0.5, 0.6) is 0 Å². The molecule has 0 N–H and O–H groups in total. The van der Waals surface area contributed by atoms with E-state index < -0.39 is 0 Å². The first kappa shape index (κ1) is 18.9. The number of hydrogen-bond donors (Lipinski definition) is 0. The van der Waals surface area contributed by atoms with Crippen LogP contribution < -0.4 is 0 Å². The standard InChI is InChI=1S/C22H21Cl3N2/c1-13(15-4-6-19(24)20(25)10-15)12-27-21-7-5-16(23)11-18(21)17-8-9-26(3)14(2)22(17)27/h4-7,10-12,14H,8-9H2,1-3H3. The molecule has 1 atom stereocenters. The molecule has 2 heterocycles. The van der Waals surface area contributed by atoms with Crippen molar-refractivity contribution in [2.45, 2.75) is 26.3 Å². The third-order valence-corrected chi connectivity index (χ3v) is 6.56. The first-order valence-corrected chi connectivity index (χ1v) is 10.2. The van der Waals surface area contributed by atoms with Crippen molar-refractivity contribution in [1.82, 2.24) is 9.47 Å². The van der Waals surface area contributed by atoms with Gasteiger partial charge in [-0.05, 0) is 74.3 Å². The summed E-state index contributed by atoms with van der Waals surface area (Å²) in [6.07, 6.45) is 3.23. The summed E-state index contributed by atoms with van der Waals surface area (Å²) < 4.78 is 2.32. The van der Waals surface area contributed by atoms with E-state index in [0.29, 0.717) is 16.1 Å². The summed E-state index contributed by atoms with van der Waals surface area (Å²) in [5.74, 6) is 0. The fourth-order valence-corrected chi connectivity index (χ4v) is 4.40. The van der Waals surface area contributed by atoms with Crippen LogP contribution in [0.2, 0.25) is 15.1 Å². The van der Waals surface area contributed by atoms with Gasteiger partial charge in [-0.25, -0.2) is 0 Å². The van der Waals surface area contributed by atoms with Gasteiger partial charge in [0.25, 0.3) is 0 Å². The number of fused-ring (bicyclic) bond motifs is 3. The van der Waals surface area contributed by atoms with E-state index in [1.165, 1.54) is 22.2 Å². The van der Waals surface area contributed by atoms with Gasteiger partial charge in [0.1, 0.15) is 0 Å². The molecule has 1 aliphatic rings. The van der Waals surface area contributed by atoms with E-state index in [1.807, 2.05) is 24.3 Å². The lowest BCUT2D eigenvalue weighted by molar-refractivity contribution is 0.242. The van der Waals surface area contributed by atoms with Gasteiger partial charge in [0, 0.05) is 34.9 Å². The number of nitrogens with zero attached hydrogens (tertiary/aromatic N) is 2. The monoisotopic (exact) mass is 418 g/mol. The van der Waals surface area contributed by atoms with E-state index in [0.717, 1.165) is 29.1 Å². The molecule has 0 saturated carbocycles. The average molecular weight is 420 g/mol. The Balaban J connectivity index is 1.94. The zero-order valence-corrected chi connectivity index (χ0v) is 17.8. The van der Waals surface area contributed by atoms with Gasteiger partial charge in [-0.15, -0.1) is 0 Å². The van der Waals surface area contributed by atoms with Crippen molar-refractivity contribution >= 4 is 57.5 Å². The van der Waals surface area contributed by atoms with E-state index in [4.69, 9.17) is 34.8 Å². The molecule has 27 heavy (non-hydrogen) atoms. The maximum atomic E-state index is 6.31. The molecule has 1 aliphatic heterocycles. The first-order chi connectivity index (χ1) is 12.9. The van der Waals surface area contributed by atoms with Gasteiger partial charge < -0.3 is 4.57 Å². The summed E-state index contributed by atoms with van der Waals surface area (Å²) in [6.45, 7) is 5.41. The summed E-state index contributed by atoms with van der Waals surface area (Å²) in [6, 6.07) is 12.3. The Labute approximate surface area is 174 Å². The minimum atomic E-state index is 0.331. The molecule has 0 fully saturated rings. The molecule has 0 aliphatic carbocycles. The summed E-state index contributed by atoms with van der Waals surface area (Å²) in [5, 5.41) is 3.16. The molecule has 3 aromatic rings. The molecule has 0 saturated heterocycles. The average Bonchev–Trinajstić information content (AvgIpc) is 2.94. The summed E-state index contributed by atoms with van der Waals surface area (Å²) in [4.78, 5) is 2.39. The van der Waals surface area contributed by atoms with Crippen LogP contribution >= 0.6 is 34.8 Å². The second-order valence-electron chi connectivity index (χ2n) is 7.24. The Morgan fingerprint density at radius 2 is 1.85 bits per heavy atom. The Kier molecular flexibility index (Phi) is 5.02. The molecule has 2 aromatic carbocycles. The van der Waals surface area contributed by atoms with E-state index in [2.05, 4.69) is 48.7 Å². The molecule has 0 radical (unpaired) electrons. The predicted octanol–water partition coefficient (Wildman–Crippen LogP) is 7.17. The third kappa shape index (κ3) is 3.30. The van der Waals surface area contributed by atoms with Crippen LogP contribution in [0.25, 0.3) is 22.7 Å². The first-order valence-electron chi connectivity index (χ1n) is 9.03. The van der Waals surface area contributed by atoms with Crippen LogP contribution in [0.1, 0.15) is 36.7 Å². The SMILES string of the molecule is CC(=Cn1c2c(c3cc(Cl)ccc31)CCN(C)C2C)c1ccc(Cl)c(Cl)c1. The fourth-order valence-electron chi connectivity index (χ4n) is 3.93. The lowest BCUT2D eigenvalue weighted by Gasteiger charge is -2.31. The van der Waals surface area contributed by atoms with Gasteiger partial charge in [0.05, 0.1) is 15.6 Å². The van der Waals surface area contributed by atoms with Crippen molar-refractivity contribution in [2.75, 3.05) is 13.6 Å². The normalized spacial score (nSPS) is 18.1. The number of aromatic nitrogens is 1. The molecule has 5 heteroatoms. The zero-order chi connectivity index (χ0) is 19.3. The molecule has 4 rings (SSSR count). The summed E-state index contributed by atoms with van der Waals surface area (Å²) in [5.41, 5.74) is 6.11. The number of hydrogen-bond acceptors (Lipinski definition) is 1. The highest BCUT2D eigenvalue weighted by Crippen LogP contribution is 2.38. The quantitative estimate of drug-likeness (QED) is 0.427. The van der Waals surface area contributed by atoms with E-state index in [-0.39, 0.29) is 0 Å². The van der Waals surface area contributed by atoms with Crippen LogP contribution in [0.4, 0.5) is 0 Å². The van der Waals surface area contributed by atoms with Crippen LogP contribution in [-0.4, -0.2) is 23.1 Å². The van der Waals surface area contributed by atoms with Gasteiger partial charge in [-0.2, -0.15) is 0 Å². The Hall–Kier alpha value is -1.45. The molecule has 0 bridgehead atoms. The minimum absolute atomic E-state index is 0.331. The zero-order valence-electron chi connectivity index (χ0n) is 15.6. The summed E-state index contributed by atoms with van der Waals surface area (Å²) in [7, 11) is 2.18. The van der Waals surface area contributed by atoms with E-state index in [9.17, 15) is 0 Å². The molecule has 0 spiro atoms. The maximum absolute atomic E-state index is 6.31. The summed E-state index contributed by atoms with van der Waals surface area (Å²) >= 11 is 18.6. The van der Waals surface area contributed by atoms with Crippen molar-refractivity contribution in [2.24, 2.45) is 0 Å². The highest BCUT2D eigenvalue weighted by atomic mass is 35.5. The number of halogens is 3. The Morgan fingerprint density at radius 3 is 2.59 bits per heavy atom. The van der Waals surface area contributed by atoms with Crippen LogP contribution in [0.15, 0.2) is 36.4 Å². The van der Waals surface area contributed by atoms with Crippen LogP contribution in [0.3, 0.4) is 0 Å². The number of allylic oxidation sites excluding steroid dienone is 1. The fraction of sp³-hybridized carbons (Fsp3) is 0.273. The smallest absolute Gasteiger partial charge is 0.0598 e. The lowest BCUT2D eigenvalue weighted by Crippen LogP contribution is -2.31. The van der Waals surface area contributed by atoms with Crippen molar-refractivity contribution in [1.29, 1.82) is 0 Å². The third-order valence-electron chi connectivity index (χ3n) is 5.58. The second-order valence-corrected chi connectivity index (χ2v) is 8.49. The minimum Gasteiger partial charge on any atom is -0.318 e. The topological polar surface area (TPSA) is 8.17 Å². The predicted molar refractivity (Wildman–Crippen MR) is 118 cm³/mol. The Morgan fingerprint density at radius 1 is 1.07 bits per heavy atom. The van der Waals surface area contributed by atoms with Gasteiger partial charge in [0.2, 0.25) is 0 Å². The highest BCUT2D eigenvalue weighted by molar-refractivity contribution is 6.42. The molecule has 1 aromatic heterocycles. The molecule has 0 amide bonds. The van der Waals surface area contributed by atoms with Gasteiger partial charge in [-0.3, -0.25) is 4.90 Å². The van der Waals surface area contributed by atoms with Crippen LogP contribution in [0, 0.1) is 0 Å². The van der Waals surface area contributed by atoms with Gasteiger partial charge in [0.15, 0.2) is 0 Å². The lowest BCUT2D eigenvalue weighted by atomic mass is 9.99. The van der Waals surface area contributed by atoms with E-state index in [1.54, 1.807) is 0 Å². The maximum Gasteiger partial charge on any atom is 0.0598 e. The second kappa shape index (κ2) is 7.18. The van der Waals surface area contributed by atoms with Crippen molar-refractivity contribution in [3.8, 4) is 0 Å². The van der Waals surface area contributed by atoms with Crippen molar-refractivity contribution in [3.05, 3.63) is 68.3 Å². The van der Waals surface area contributed by atoms with Crippen LogP contribution in [-0.2, 0) is 6.42 Å². The van der Waals surface area contributed by atoms with Crippen molar-refractivity contribution < 1.29 is 0 Å². The number of rotatable bonds is 2.